The van der Waals surface area contributed by atoms with Crippen LogP contribution in [-0.4, -0.2) is 18.5 Å². The average Bonchev–Trinajstić information content (AvgIpc) is 2.67. The lowest BCUT2D eigenvalue weighted by Crippen LogP contribution is -2.01. The van der Waals surface area contributed by atoms with Crippen molar-refractivity contribution >= 4 is 5.78 Å². The van der Waals surface area contributed by atoms with E-state index >= 15 is 0 Å². The Morgan fingerprint density at radius 2 is 2.40 bits per heavy atom. The minimum atomic E-state index is 0.282. The third-order valence-electron chi connectivity index (χ3n) is 1.67. The van der Waals surface area contributed by atoms with Gasteiger partial charge < -0.3 is 4.74 Å². The zero-order valence-corrected chi connectivity index (χ0v) is 6.43. The zero-order chi connectivity index (χ0) is 7.40. The van der Waals surface area contributed by atoms with Gasteiger partial charge in [0.2, 0.25) is 0 Å². The molecular formula is C8H14O2. The molecule has 0 aromatic carbocycles. The summed E-state index contributed by atoms with van der Waals surface area (Å²) in [5, 5.41) is 0. The van der Waals surface area contributed by atoms with Gasteiger partial charge in [-0.05, 0) is 6.42 Å². The Kier molecular flexibility index (Phi) is 2.87. The lowest BCUT2D eigenvalue weighted by molar-refractivity contribution is -0.119. The first-order chi connectivity index (χ1) is 4.83. The molecule has 58 valence electrons. The average molecular weight is 142 g/mol. The second-order valence-corrected chi connectivity index (χ2v) is 2.80. The van der Waals surface area contributed by atoms with Crippen molar-refractivity contribution in [1.29, 1.82) is 0 Å². The Balaban J connectivity index is 1.97. The highest BCUT2D eigenvalue weighted by molar-refractivity contribution is 5.79. The van der Waals surface area contributed by atoms with Crippen LogP contribution in [0.5, 0.6) is 0 Å². The van der Waals surface area contributed by atoms with Gasteiger partial charge in [-0.1, -0.05) is 13.3 Å². The molecule has 0 radical (unpaired) electrons. The fourth-order valence-corrected chi connectivity index (χ4v) is 0.916. The Morgan fingerprint density at radius 1 is 1.70 bits per heavy atom. The number of ketones is 1. The van der Waals surface area contributed by atoms with Gasteiger partial charge in [-0.3, -0.25) is 4.79 Å². The topological polar surface area (TPSA) is 29.6 Å². The Labute approximate surface area is 61.6 Å². The quantitative estimate of drug-likeness (QED) is 0.545. The van der Waals surface area contributed by atoms with Gasteiger partial charge in [0.25, 0.3) is 0 Å². The van der Waals surface area contributed by atoms with E-state index < -0.39 is 0 Å². The Hall–Kier alpha value is -0.370. The molecule has 0 aromatic heterocycles. The number of hydrogen-bond donors (Lipinski definition) is 0. The van der Waals surface area contributed by atoms with Gasteiger partial charge in [-0.25, -0.2) is 0 Å². The molecule has 1 unspecified atom stereocenters. The monoisotopic (exact) mass is 142 g/mol. The summed E-state index contributed by atoms with van der Waals surface area (Å²) < 4.78 is 4.94. The van der Waals surface area contributed by atoms with Crippen LogP contribution in [0.15, 0.2) is 0 Å². The highest BCUT2D eigenvalue weighted by Crippen LogP contribution is 2.15. The summed E-state index contributed by atoms with van der Waals surface area (Å²) in [4.78, 5) is 11.0. The molecule has 1 saturated heterocycles. The molecule has 10 heavy (non-hydrogen) atoms. The van der Waals surface area contributed by atoms with Gasteiger partial charge in [0, 0.05) is 12.8 Å². The molecule has 0 bridgehead atoms. The normalized spacial score (nSPS) is 22.7. The Bertz CT molecular complexity index is 116. The molecule has 0 aliphatic carbocycles. The molecule has 1 heterocycles. The summed E-state index contributed by atoms with van der Waals surface area (Å²) in [6.45, 7) is 2.90. The highest BCUT2D eigenvalue weighted by atomic mass is 16.6. The molecule has 1 fully saturated rings. The summed E-state index contributed by atoms with van der Waals surface area (Å²) in [5.41, 5.74) is 0. The summed E-state index contributed by atoms with van der Waals surface area (Å²) in [7, 11) is 0. The van der Waals surface area contributed by atoms with Crippen molar-refractivity contribution in [3.63, 3.8) is 0 Å². The van der Waals surface area contributed by atoms with Gasteiger partial charge >= 0.3 is 0 Å². The first-order valence-electron chi connectivity index (χ1n) is 3.96. The summed E-state index contributed by atoms with van der Waals surface area (Å²) in [6.07, 6.45) is 3.82. The third-order valence-corrected chi connectivity index (χ3v) is 1.67. The molecule has 1 aliphatic rings. The molecule has 0 spiro atoms. The van der Waals surface area contributed by atoms with Crippen LogP contribution in [0.1, 0.15) is 32.6 Å². The van der Waals surface area contributed by atoms with E-state index in [1.54, 1.807) is 0 Å². The van der Waals surface area contributed by atoms with Gasteiger partial charge in [0.05, 0.1) is 12.7 Å². The lowest BCUT2D eigenvalue weighted by atomic mass is 10.1. The smallest absolute Gasteiger partial charge is 0.135 e. The van der Waals surface area contributed by atoms with Crippen LogP contribution in [0.25, 0.3) is 0 Å². The van der Waals surface area contributed by atoms with E-state index in [1.165, 1.54) is 0 Å². The van der Waals surface area contributed by atoms with Crippen molar-refractivity contribution < 1.29 is 9.53 Å². The Morgan fingerprint density at radius 3 is 2.90 bits per heavy atom. The van der Waals surface area contributed by atoms with Crippen molar-refractivity contribution in [1.82, 2.24) is 0 Å². The van der Waals surface area contributed by atoms with Crippen LogP contribution >= 0.6 is 0 Å². The number of carbonyl (C=O) groups excluding carboxylic acids is 1. The van der Waals surface area contributed by atoms with E-state index in [2.05, 4.69) is 6.92 Å². The van der Waals surface area contributed by atoms with Gasteiger partial charge in [0.1, 0.15) is 5.78 Å². The maximum Gasteiger partial charge on any atom is 0.135 e. The fourth-order valence-electron chi connectivity index (χ4n) is 0.916. The zero-order valence-electron chi connectivity index (χ0n) is 6.43. The van der Waals surface area contributed by atoms with E-state index in [1.807, 2.05) is 0 Å². The van der Waals surface area contributed by atoms with Crippen LogP contribution in [-0.2, 0) is 9.53 Å². The van der Waals surface area contributed by atoms with E-state index in [-0.39, 0.29) is 6.10 Å². The minimum Gasteiger partial charge on any atom is -0.373 e. The number of carbonyl (C=O) groups is 1. The predicted octanol–water partition coefficient (Wildman–Crippen LogP) is 1.53. The third kappa shape index (κ3) is 2.97. The van der Waals surface area contributed by atoms with Crippen LogP contribution in [0.2, 0.25) is 0 Å². The first kappa shape index (κ1) is 7.73. The maximum atomic E-state index is 11.0. The van der Waals surface area contributed by atoms with Gasteiger partial charge in [0.15, 0.2) is 0 Å². The predicted molar refractivity (Wildman–Crippen MR) is 38.9 cm³/mol. The number of rotatable bonds is 5. The van der Waals surface area contributed by atoms with Crippen molar-refractivity contribution in [3.05, 3.63) is 0 Å². The SMILES string of the molecule is CCCCC(=O)CC1CO1. The number of hydrogen-bond acceptors (Lipinski definition) is 2. The summed E-state index contributed by atoms with van der Waals surface area (Å²) >= 11 is 0. The second-order valence-electron chi connectivity index (χ2n) is 2.80. The molecular weight excluding hydrogens is 128 g/mol. The number of unbranched alkanes of at least 4 members (excludes halogenated alkanes) is 1. The van der Waals surface area contributed by atoms with Gasteiger partial charge in [-0.15, -0.1) is 0 Å². The molecule has 0 amide bonds. The minimum absolute atomic E-state index is 0.282. The number of ether oxygens (including phenoxy) is 1. The molecule has 0 N–H and O–H groups in total. The largest absolute Gasteiger partial charge is 0.373 e. The van der Waals surface area contributed by atoms with E-state index in [9.17, 15) is 4.79 Å². The molecule has 2 heteroatoms. The van der Waals surface area contributed by atoms with E-state index in [0.29, 0.717) is 12.2 Å². The second kappa shape index (κ2) is 3.71. The molecule has 2 nitrogen and oxygen atoms in total. The van der Waals surface area contributed by atoms with E-state index in [4.69, 9.17) is 4.74 Å². The first-order valence-corrected chi connectivity index (χ1v) is 3.96. The molecule has 1 atom stereocenters. The van der Waals surface area contributed by atoms with Crippen LogP contribution in [0.4, 0.5) is 0 Å². The van der Waals surface area contributed by atoms with Crippen molar-refractivity contribution in [3.8, 4) is 0 Å². The highest BCUT2D eigenvalue weighted by Gasteiger charge is 2.24. The molecule has 0 saturated carbocycles. The molecule has 1 aliphatic heterocycles. The number of Topliss-reactive ketones (excluding diaryl/α,β-unsaturated/α-hetero) is 1. The van der Waals surface area contributed by atoms with Crippen molar-refractivity contribution in [2.45, 2.75) is 38.7 Å². The summed E-state index contributed by atoms with van der Waals surface area (Å²) in [5.74, 6) is 0.365. The maximum absolute atomic E-state index is 11.0. The van der Waals surface area contributed by atoms with Crippen LogP contribution in [0, 0.1) is 0 Å². The number of epoxide rings is 1. The molecule has 1 rings (SSSR count). The summed E-state index contributed by atoms with van der Waals surface area (Å²) in [6, 6.07) is 0. The fraction of sp³-hybridized carbons (Fsp3) is 0.875. The lowest BCUT2D eigenvalue weighted by Gasteiger charge is -1.94. The van der Waals surface area contributed by atoms with E-state index in [0.717, 1.165) is 25.9 Å². The standard InChI is InChI=1S/C8H14O2/c1-2-3-4-7(9)5-8-6-10-8/h8H,2-6H2,1H3. The van der Waals surface area contributed by atoms with Crippen LogP contribution < -0.4 is 0 Å². The van der Waals surface area contributed by atoms with Crippen molar-refractivity contribution in [2.75, 3.05) is 6.61 Å². The van der Waals surface area contributed by atoms with Crippen LogP contribution in [0.3, 0.4) is 0 Å². The van der Waals surface area contributed by atoms with Crippen molar-refractivity contribution in [2.24, 2.45) is 0 Å². The van der Waals surface area contributed by atoms with Gasteiger partial charge in [-0.2, -0.15) is 0 Å². The molecule has 0 aromatic rings.